The van der Waals surface area contributed by atoms with E-state index in [0.717, 1.165) is 32.6 Å². The SMILES string of the molecule is CC(=O)CN1CCN(C(=O)CCc2cccs2)CC1. The molecule has 2 heterocycles. The summed E-state index contributed by atoms with van der Waals surface area (Å²) in [6, 6.07) is 4.09. The largest absolute Gasteiger partial charge is 0.340 e. The molecule has 0 saturated carbocycles. The number of aryl methyl sites for hydroxylation is 1. The van der Waals surface area contributed by atoms with Crippen LogP contribution in [-0.2, 0) is 16.0 Å². The lowest BCUT2D eigenvalue weighted by Gasteiger charge is -2.34. The van der Waals surface area contributed by atoms with E-state index in [1.54, 1.807) is 18.3 Å². The van der Waals surface area contributed by atoms with Crippen LogP contribution in [0.5, 0.6) is 0 Å². The van der Waals surface area contributed by atoms with Crippen LogP contribution in [0.1, 0.15) is 18.2 Å². The first-order valence-electron chi connectivity index (χ1n) is 6.67. The molecule has 0 unspecified atom stereocenters. The third-order valence-electron chi connectivity index (χ3n) is 3.34. The fourth-order valence-corrected chi connectivity index (χ4v) is 3.02. The number of nitrogens with zero attached hydrogens (tertiary/aromatic N) is 2. The van der Waals surface area contributed by atoms with E-state index in [2.05, 4.69) is 11.0 Å². The smallest absolute Gasteiger partial charge is 0.223 e. The summed E-state index contributed by atoms with van der Waals surface area (Å²) in [7, 11) is 0. The van der Waals surface area contributed by atoms with Crippen LogP contribution in [0.3, 0.4) is 0 Å². The maximum absolute atomic E-state index is 12.1. The number of Topliss-reactive ketones (excluding diaryl/α,β-unsaturated/α-hetero) is 1. The van der Waals surface area contributed by atoms with Gasteiger partial charge in [-0.25, -0.2) is 0 Å². The Balaban J connectivity index is 1.71. The maximum Gasteiger partial charge on any atom is 0.223 e. The molecule has 1 fully saturated rings. The predicted octanol–water partition coefficient (Wildman–Crippen LogP) is 1.41. The van der Waals surface area contributed by atoms with Crippen molar-refractivity contribution in [2.75, 3.05) is 32.7 Å². The van der Waals surface area contributed by atoms with E-state index in [1.807, 2.05) is 16.3 Å². The summed E-state index contributed by atoms with van der Waals surface area (Å²) < 4.78 is 0. The van der Waals surface area contributed by atoms with Gasteiger partial charge in [0.1, 0.15) is 5.78 Å². The van der Waals surface area contributed by atoms with E-state index in [4.69, 9.17) is 0 Å². The zero-order valence-electron chi connectivity index (χ0n) is 11.3. The molecule has 19 heavy (non-hydrogen) atoms. The molecule has 1 aliphatic heterocycles. The molecule has 4 nitrogen and oxygen atoms in total. The fourth-order valence-electron chi connectivity index (χ4n) is 2.31. The van der Waals surface area contributed by atoms with Crippen molar-refractivity contribution in [3.63, 3.8) is 0 Å². The minimum atomic E-state index is 0.192. The van der Waals surface area contributed by atoms with E-state index in [1.165, 1.54) is 4.88 Å². The van der Waals surface area contributed by atoms with Gasteiger partial charge in [0.05, 0.1) is 6.54 Å². The molecule has 0 atom stereocenters. The molecule has 5 heteroatoms. The molecule has 2 rings (SSSR count). The van der Waals surface area contributed by atoms with Gasteiger partial charge in [-0.3, -0.25) is 14.5 Å². The van der Waals surface area contributed by atoms with E-state index in [9.17, 15) is 9.59 Å². The van der Waals surface area contributed by atoms with Crippen LogP contribution in [0.4, 0.5) is 0 Å². The van der Waals surface area contributed by atoms with Crippen molar-refractivity contribution in [3.8, 4) is 0 Å². The molecule has 0 spiro atoms. The number of carbonyl (C=O) groups is 2. The van der Waals surface area contributed by atoms with Gasteiger partial charge in [0.25, 0.3) is 0 Å². The van der Waals surface area contributed by atoms with Crippen LogP contribution < -0.4 is 0 Å². The molecular weight excluding hydrogens is 260 g/mol. The van der Waals surface area contributed by atoms with Gasteiger partial charge in [0.2, 0.25) is 5.91 Å². The van der Waals surface area contributed by atoms with Gasteiger partial charge in [-0.1, -0.05) is 6.07 Å². The van der Waals surface area contributed by atoms with Crippen LogP contribution in [0.15, 0.2) is 17.5 Å². The average molecular weight is 280 g/mol. The Hall–Kier alpha value is -1.20. The van der Waals surface area contributed by atoms with Crippen LogP contribution >= 0.6 is 11.3 Å². The minimum absolute atomic E-state index is 0.192. The quantitative estimate of drug-likeness (QED) is 0.819. The summed E-state index contributed by atoms with van der Waals surface area (Å²) in [4.78, 5) is 28.4. The topological polar surface area (TPSA) is 40.6 Å². The van der Waals surface area contributed by atoms with Gasteiger partial charge >= 0.3 is 0 Å². The zero-order valence-corrected chi connectivity index (χ0v) is 12.1. The molecular formula is C14H20N2O2S. The van der Waals surface area contributed by atoms with Gasteiger partial charge in [-0.2, -0.15) is 0 Å². The van der Waals surface area contributed by atoms with Gasteiger partial charge in [0.15, 0.2) is 0 Å². The third-order valence-corrected chi connectivity index (χ3v) is 4.27. The van der Waals surface area contributed by atoms with Crippen molar-refractivity contribution in [2.24, 2.45) is 0 Å². The molecule has 104 valence electrons. The lowest BCUT2D eigenvalue weighted by Crippen LogP contribution is -2.49. The van der Waals surface area contributed by atoms with Crippen LogP contribution in [0.25, 0.3) is 0 Å². The Labute approximate surface area is 118 Å². The number of ketones is 1. The number of carbonyl (C=O) groups excluding carboxylic acids is 2. The minimum Gasteiger partial charge on any atom is -0.340 e. The number of hydrogen-bond acceptors (Lipinski definition) is 4. The number of hydrogen-bond donors (Lipinski definition) is 0. The lowest BCUT2D eigenvalue weighted by molar-refractivity contribution is -0.133. The predicted molar refractivity (Wildman–Crippen MR) is 76.3 cm³/mol. The summed E-state index contributed by atoms with van der Waals surface area (Å²) in [5, 5.41) is 2.04. The van der Waals surface area contributed by atoms with Crippen molar-refractivity contribution in [2.45, 2.75) is 19.8 Å². The molecule has 0 bridgehead atoms. The molecule has 0 radical (unpaired) electrons. The zero-order chi connectivity index (χ0) is 13.7. The highest BCUT2D eigenvalue weighted by molar-refractivity contribution is 7.09. The van der Waals surface area contributed by atoms with E-state index in [-0.39, 0.29) is 11.7 Å². The summed E-state index contributed by atoms with van der Waals surface area (Å²) in [6.45, 7) is 5.23. The van der Waals surface area contributed by atoms with Gasteiger partial charge < -0.3 is 4.90 Å². The maximum atomic E-state index is 12.1. The number of piperazine rings is 1. The second kappa shape index (κ2) is 6.82. The Morgan fingerprint density at radius 1 is 1.26 bits per heavy atom. The van der Waals surface area contributed by atoms with Crippen LogP contribution in [0.2, 0.25) is 0 Å². The van der Waals surface area contributed by atoms with Gasteiger partial charge in [-0.15, -0.1) is 11.3 Å². The summed E-state index contributed by atoms with van der Waals surface area (Å²) in [5.41, 5.74) is 0. The van der Waals surface area contributed by atoms with E-state index in [0.29, 0.717) is 13.0 Å². The second-order valence-corrected chi connectivity index (χ2v) is 5.97. The first-order valence-corrected chi connectivity index (χ1v) is 7.55. The lowest BCUT2D eigenvalue weighted by atomic mass is 10.2. The first kappa shape index (κ1) is 14.2. The summed E-state index contributed by atoms with van der Waals surface area (Å²) in [6.07, 6.45) is 1.43. The highest BCUT2D eigenvalue weighted by Crippen LogP contribution is 2.12. The Bertz CT molecular complexity index is 423. The highest BCUT2D eigenvalue weighted by atomic mass is 32.1. The molecule has 0 aliphatic carbocycles. The van der Waals surface area contributed by atoms with Gasteiger partial charge in [0, 0.05) is 37.5 Å². The van der Waals surface area contributed by atoms with Crippen molar-refractivity contribution in [1.82, 2.24) is 9.80 Å². The average Bonchev–Trinajstić information content (AvgIpc) is 2.89. The monoisotopic (exact) mass is 280 g/mol. The highest BCUT2D eigenvalue weighted by Gasteiger charge is 2.21. The van der Waals surface area contributed by atoms with E-state index >= 15 is 0 Å². The first-order chi connectivity index (χ1) is 9.15. The summed E-state index contributed by atoms with van der Waals surface area (Å²) in [5.74, 6) is 0.424. The molecule has 0 N–H and O–H groups in total. The van der Waals surface area contributed by atoms with Crippen molar-refractivity contribution in [1.29, 1.82) is 0 Å². The fraction of sp³-hybridized carbons (Fsp3) is 0.571. The number of thiophene rings is 1. The number of rotatable bonds is 5. The third kappa shape index (κ3) is 4.44. The van der Waals surface area contributed by atoms with Crippen molar-refractivity contribution in [3.05, 3.63) is 22.4 Å². The van der Waals surface area contributed by atoms with Crippen molar-refractivity contribution >= 4 is 23.0 Å². The molecule has 1 aromatic heterocycles. The van der Waals surface area contributed by atoms with E-state index < -0.39 is 0 Å². The van der Waals surface area contributed by atoms with Crippen molar-refractivity contribution < 1.29 is 9.59 Å². The normalized spacial score (nSPS) is 16.6. The summed E-state index contributed by atoms with van der Waals surface area (Å²) >= 11 is 1.70. The molecule has 1 saturated heterocycles. The molecule has 0 aromatic carbocycles. The van der Waals surface area contributed by atoms with Crippen LogP contribution in [0, 0.1) is 0 Å². The molecule has 1 aromatic rings. The molecule has 1 amide bonds. The van der Waals surface area contributed by atoms with Gasteiger partial charge in [-0.05, 0) is 24.8 Å². The Kier molecular flexibility index (Phi) is 5.10. The second-order valence-electron chi connectivity index (χ2n) is 4.94. The van der Waals surface area contributed by atoms with Crippen LogP contribution in [-0.4, -0.2) is 54.2 Å². The Morgan fingerprint density at radius 2 is 2.00 bits per heavy atom. The standard InChI is InChI=1S/C14H20N2O2S/c1-12(17)11-15-6-8-16(9-7-15)14(18)5-4-13-3-2-10-19-13/h2-3,10H,4-9,11H2,1H3. The molecule has 1 aliphatic rings. The number of amides is 1. The Morgan fingerprint density at radius 3 is 2.58 bits per heavy atom.